The first kappa shape index (κ1) is 17.1. The summed E-state index contributed by atoms with van der Waals surface area (Å²) in [5.41, 5.74) is 0.678. The molecule has 1 saturated heterocycles. The molecule has 1 aliphatic heterocycles. The largest absolute Gasteiger partial charge is 0.340 e. The van der Waals surface area contributed by atoms with Gasteiger partial charge in [0.25, 0.3) is 0 Å². The van der Waals surface area contributed by atoms with Crippen molar-refractivity contribution in [3.05, 3.63) is 30.3 Å². The molecule has 2 fully saturated rings. The highest BCUT2D eigenvalue weighted by Crippen LogP contribution is 2.24. The van der Waals surface area contributed by atoms with E-state index in [1.54, 1.807) is 6.20 Å². The van der Waals surface area contributed by atoms with Crippen molar-refractivity contribution in [2.75, 3.05) is 26.2 Å². The minimum Gasteiger partial charge on any atom is -0.340 e. The van der Waals surface area contributed by atoms with E-state index in [1.165, 1.54) is 25.7 Å². The fourth-order valence-electron chi connectivity index (χ4n) is 3.93. The summed E-state index contributed by atoms with van der Waals surface area (Å²) in [6.07, 6.45) is 7.94. The summed E-state index contributed by atoms with van der Waals surface area (Å²) in [7, 11) is 0. The SMILES string of the molecule is O=C(CCc1nc(-c2ccccn2)no1)N1CCN(C2CCCC2)CC1. The Kier molecular flexibility index (Phi) is 5.24. The Morgan fingerprint density at radius 3 is 2.69 bits per heavy atom. The molecule has 7 nitrogen and oxygen atoms in total. The predicted molar refractivity (Wildman–Crippen MR) is 96.3 cm³/mol. The molecule has 0 radical (unpaired) electrons. The van der Waals surface area contributed by atoms with Crippen LogP contribution in [-0.2, 0) is 11.2 Å². The summed E-state index contributed by atoms with van der Waals surface area (Å²) >= 11 is 0. The van der Waals surface area contributed by atoms with Gasteiger partial charge in [0.15, 0.2) is 0 Å². The zero-order valence-electron chi connectivity index (χ0n) is 15.0. The van der Waals surface area contributed by atoms with Crippen molar-refractivity contribution in [2.24, 2.45) is 0 Å². The number of aryl methyl sites for hydroxylation is 1. The molecule has 0 atom stereocenters. The lowest BCUT2D eigenvalue weighted by Gasteiger charge is -2.38. The predicted octanol–water partition coefficient (Wildman–Crippen LogP) is 2.15. The monoisotopic (exact) mass is 355 g/mol. The van der Waals surface area contributed by atoms with Crippen LogP contribution < -0.4 is 0 Å². The van der Waals surface area contributed by atoms with Crippen molar-refractivity contribution in [3.63, 3.8) is 0 Å². The second-order valence-electron chi connectivity index (χ2n) is 7.08. The van der Waals surface area contributed by atoms with Crippen molar-refractivity contribution < 1.29 is 9.32 Å². The minimum atomic E-state index is 0.175. The lowest BCUT2D eigenvalue weighted by molar-refractivity contribution is -0.133. The van der Waals surface area contributed by atoms with E-state index < -0.39 is 0 Å². The topological polar surface area (TPSA) is 75.4 Å². The number of rotatable bonds is 5. The average Bonchev–Trinajstić information content (AvgIpc) is 3.39. The Hall–Kier alpha value is -2.28. The molecule has 26 heavy (non-hydrogen) atoms. The van der Waals surface area contributed by atoms with E-state index in [0.29, 0.717) is 30.3 Å². The first-order chi connectivity index (χ1) is 12.8. The third kappa shape index (κ3) is 3.93. The number of pyridine rings is 1. The quantitative estimate of drug-likeness (QED) is 0.818. The number of aromatic nitrogens is 3. The summed E-state index contributed by atoms with van der Waals surface area (Å²) in [6.45, 7) is 3.66. The Labute approximate surface area is 153 Å². The molecule has 0 spiro atoms. The van der Waals surface area contributed by atoms with Gasteiger partial charge in [0, 0.05) is 51.3 Å². The molecule has 1 amide bonds. The van der Waals surface area contributed by atoms with E-state index in [-0.39, 0.29) is 5.91 Å². The number of hydrogen-bond acceptors (Lipinski definition) is 6. The summed E-state index contributed by atoms with van der Waals surface area (Å²) in [5, 5.41) is 3.95. The number of piperazine rings is 1. The summed E-state index contributed by atoms with van der Waals surface area (Å²) < 4.78 is 5.26. The Balaban J connectivity index is 1.25. The van der Waals surface area contributed by atoms with E-state index in [1.807, 2.05) is 23.1 Å². The maximum atomic E-state index is 12.5. The van der Waals surface area contributed by atoms with E-state index >= 15 is 0 Å². The standard InChI is InChI=1S/C19H25N5O2/c25-18(24-13-11-23(12-14-24)15-5-1-2-6-15)9-8-17-21-19(22-26-17)16-7-3-4-10-20-16/h3-4,7,10,15H,1-2,5-6,8-9,11-14H2. The number of carbonyl (C=O) groups is 1. The maximum absolute atomic E-state index is 12.5. The lowest BCUT2D eigenvalue weighted by atomic mass is 10.1. The molecule has 138 valence electrons. The summed E-state index contributed by atoms with van der Waals surface area (Å²) in [5.74, 6) is 1.13. The molecule has 0 bridgehead atoms. The molecule has 4 rings (SSSR count). The molecule has 2 aliphatic rings. The van der Waals surface area contributed by atoms with Gasteiger partial charge in [-0.3, -0.25) is 14.7 Å². The summed E-state index contributed by atoms with van der Waals surface area (Å²) in [6, 6.07) is 6.31. The molecule has 1 aliphatic carbocycles. The highest BCUT2D eigenvalue weighted by atomic mass is 16.5. The molecule has 0 aromatic carbocycles. The summed E-state index contributed by atoms with van der Waals surface area (Å²) in [4.78, 5) is 25.6. The van der Waals surface area contributed by atoms with Gasteiger partial charge in [0.1, 0.15) is 5.69 Å². The van der Waals surface area contributed by atoms with Gasteiger partial charge in [-0.25, -0.2) is 0 Å². The molecule has 2 aromatic rings. The van der Waals surface area contributed by atoms with Crippen molar-refractivity contribution in [1.29, 1.82) is 0 Å². The van der Waals surface area contributed by atoms with E-state index in [9.17, 15) is 4.79 Å². The van der Waals surface area contributed by atoms with Gasteiger partial charge < -0.3 is 9.42 Å². The molecule has 0 N–H and O–H groups in total. The Morgan fingerprint density at radius 2 is 1.96 bits per heavy atom. The lowest BCUT2D eigenvalue weighted by Crippen LogP contribution is -2.51. The van der Waals surface area contributed by atoms with Gasteiger partial charge in [0.2, 0.25) is 17.6 Å². The van der Waals surface area contributed by atoms with Gasteiger partial charge in [-0.05, 0) is 25.0 Å². The molecule has 7 heteroatoms. The van der Waals surface area contributed by atoms with Crippen molar-refractivity contribution in [1.82, 2.24) is 24.9 Å². The smallest absolute Gasteiger partial charge is 0.227 e. The first-order valence-corrected chi connectivity index (χ1v) is 9.55. The Bertz CT molecular complexity index is 719. The van der Waals surface area contributed by atoms with Crippen molar-refractivity contribution in [2.45, 2.75) is 44.6 Å². The van der Waals surface area contributed by atoms with Crippen molar-refractivity contribution >= 4 is 5.91 Å². The van der Waals surface area contributed by atoms with E-state index in [0.717, 1.165) is 32.2 Å². The molecule has 0 unspecified atom stereocenters. The van der Waals surface area contributed by atoms with Gasteiger partial charge in [-0.1, -0.05) is 24.1 Å². The van der Waals surface area contributed by atoms with Crippen LogP contribution in [0.15, 0.2) is 28.9 Å². The number of amides is 1. The van der Waals surface area contributed by atoms with E-state index in [4.69, 9.17) is 4.52 Å². The fourth-order valence-corrected chi connectivity index (χ4v) is 3.93. The fraction of sp³-hybridized carbons (Fsp3) is 0.579. The van der Waals surface area contributed by atoms with Crippen LogP contribution in [0, 0.1) is 0 Å². The zero-order valence-corrected chi connectivity index (χ0v) is 15.0. The highest BCUT2D eigenvalue weighted by Gasteiger charge is 2.27. The molecule has 3 heterocycles. The van der Waals surface area contributed by atoms with Crippen LogP contribution in [-0.4, -0.2) is 63.1 Å². The first-order valence-electron chi connectivity index (χ1n) is 9.55. The second-order valence-corrected chi connectivity index (χ2v) is 7.08. The normalized spacial score (nSPS) is 19.2. The number of hydrogen-bond donors (Lipinski definition) is 0. The minimum absolute atomic E-state index is 0.175. The molecular weight excluding hydrogens is 330 g/mol. The van der Waals surface area contributed by atoms with Crippen LogP contribution in [0.5, 0.6) is 0 Å². The van der Waals surface area contributed by atoms with Gasteiger partial charge in [-0.2, -0.15) is 4.98 Å². The van der Waals surface area contributed by atoms with Crippen LogP contribution >= 0.6 is 0 Å². The van der Waals surface area contributed by atoms with Crippen LogP contribution in [0.25, 0.3) is 11.5 Å². The third-order valence-electron chi connectivity index (χ3n) is 5.42. The average molecular weight is 355 g/mol. The van der Waals surface area contributed by atoms with Gasteiger partial charge >= 0.3 is 0 Å². The van der Waals surface area contributed by atoms with Crippen LogP contribution in [0.3, 0.4) is 0 Å². The van der Waals surface area contributed by atoms with E-state index in [2.05, 4.69) is 20.0 Å². The number of carbonyl (C=O) groups excluding carboxylic acids is 1. The third-order valence-corrected chi connectivity index (χ3v) is 5.42. The van der Waals surface area contributed by atoms with Crippen LogP contribution in [0.4, 0.5) is 0 Å². The molecule has 2 aromatic heterocycles. The number of nitrogens with zero attached hydrogens (tertiary/aromatic N) is 5. The van der Waals surface area contributed by atoms with Crippen LogP contribution in [0.1, 0.15) is 38.0 Å². The highest BCUT2D eigenvalue weighted by molar-refractivity contribution is 5.76. The van der Waals surface area contributed by atoms with Gasteiger partial charge in [-0.15, -0.1) is 0 Å². The molecular formula is C19H25N5O2. The second kappa shape index (κ2) is 7.95. The van der Waals surface area contributed by atoms with Crippen LogP contribution in [0.2, 0.25) is 0 Å². The zero-order chi connectivity index (χ0) is 17.8. The molecule has 1 saturated carbocycles. The Morgan fingerprint density at radius 1 is 1.15 bits per heavy atom. The van der Waals surface area contributed by atoms with Crippen molar-refractivity contribution in [3.8, 4) is 11.5 Å². The van der Waals surface area contributed by atoms with Gasteiger partial charge in [0.05, 0.1) is 0 Å². The maximum Gasteiger partial charge on any atom is 0.227 e.